The van der Waals surface area contributed by atoms with Crippen molar-refractivity contribution in [2.24, 2.45) is 11.7 Å². The zero-order valence-corrected chi connectivity index (χ0v) is 7.31. The molecule has 2 N–H and O–H groups in total. The van der Waals surface area contributed by atoms with Crippen LogP contribution in [0.25, 0.3) is 0 Å². The molecule has 0 heterocycles. The lowest BCUT2D eigenvalue weighted by molar-refractivity contribution is -0.0889. The summed E-state index contributed by atoms with van der Waals surface area (Å²) in [6, 6.07) is -0.234. The Hall–Kier alpha value is -0.770. The number of alkyl halides is 3. The number of allylic oxidation sites excluding steroid dienone is 3. The van der Waals surface area contributed by atoms with E-state index < -0.39 is 11.7 Å². The van der Waals surface area contributed by atoms with Gasteiger partial charge in [0, 0.05) is 6.04 Å². The summed E-state index contributed by atoms with van der Waals surface area (Å²) in [5, 5.41) is 0. The van der Waals surface area contributed by atoms with Crippen LogP contribution in [0.5, 0.6) is 0 Å². The number of halogens is 3. The summed E-state index contributed by atoms with van der Waals surface area (Å²) < 4.78 is 36.7. The number of rotatable bonds is 1. The summed E-state index contributed by atoms with van der Waals surface area (Å²) in [6.45, 7) is 1.72. The van der Waals surface area contributed by atoms with Crippen molar-refractivity contribution in [3.8, 4) is 0 Å². The molecule has 1 aliphatic carbocycles. The lowest BCUT2D eigenvalue weighted by atomic mass is 9.91. The van der Waals surface area contributed by atoms with E-state index in [-0.39, 0.29) is 12.0 Å². The van der Waals surface area contributed by atoms with E-state index in [2.05, 4.69) is 0 Å². The van der Waals surface area contributed by atoms with E-state index in [1.54, 1.807) is 6.92 Å². The quantitative estimate of drug-likeness (QED) is 0.676. The maximum atomic E-state index is 12.2. The number of nitrogens with two attached hydrogens (primary N) is 1. The fourth-order valence-electron chi connectivity index (χ4n) is 1.26. The summed E-state index contributed by atoms with van der Waals surface area (Å²) >= 11 is 0. The van der Waals surface area contributed by atoms with Gasteiger partial charge in [0.2, 0.25) is 0 Å². The normalized spacial score (nSPS) is 25.6. The van der Waals surface area contributed by atoms with Gasteiger partial charge in [-0.3, -0.25) is 0 Å². The second-order valence-corrected chi connectivity index (χ2v) is 3.28. The van der Waals surface area contributed by atoms with Crippen molar-refractivity contribution in [1.82, 2.24) is 0 Å². The van der Waals surface area contributed by atoms with Crippen molar-refractivity contribution in [3.05, 3.63) is 23.8 Å². The minimum atomic E-state index is -4.25. The zero-order chi connectivity index (χ0) is 10.1. The number of hydrogen-bond acceptors (Lipinski definition) is 1. The van der Waals surface area contributed by atoms with E-state index in [4.69, 9.17) is 5.73 Å². The molecule has 13 heavy (non-hydrogen) atoms. The molecule has 1 unspecified atom stereocenters. The maximum absolute atomic E-state index is 12.2. The first-order chi connectivity index (χ1) is 5.91. The summed E-state index contributed by atoms with van der Waals surface area (Å²) in [6.07, 6.45) is 0.196. The van der Waals surface area contributed by atoms with Crippen LogP contribution in [0, 0.1) is 5.92 Å². The monoisotopic (exact) mass is 191 g/mol. The van der Waals surface area contributed by atoms with E-state index in [9.17, 15) is 13.2 Å². The molecule has 0 aliphatic heterocycles. The molecule has 0 fully saturated rings. The lowest BCUT2D eigenvalue weighted by Gasteiger charge is -2.21. The molecule has 1 nitrogen and oxygen atoms in total. The van der Waals surface area contributed by atoms with Gasteiger partial charge in [-0.05, 0) is 19.3 Å². The average Bonchev–Trinajstić information content (AvgIpc) is 2.03. The third kappa shape index (κ3) is 2.59. The lowest BCUT2D eigenvalue weighted by Crippen LogP contribution is -2.27. The molecule has 74 valence electrons. The predicted molar refractivity (Wildman–Crippen MR) is 45.0 cm³/mol. The fraction of sp³-hybridized carbons (Fsp3) is 0.556. The predicted octanol–water partition coefficient (Wildman–Crippen LogP) is 2.40. The Balaban J connectivity index is 2.81. The fourth-order valence-corrected chi connectivity index (χ4v) is 1.26. The summed E-state index contributed by atoms with van der Waals surface area (Å²) in [5.74, 6) is -0.193. The smallest absolute Gasteiger partial charge is 0.327 e. The Bertz CT molecular complexity index is 238. The second-order valence-electron chi connectivity index (χ2n) is 3.28. The van der Waals surface area contributed by atoms with Gasteiger partial charge in [0.25, 0.3) is 0 Å². The Morgan fingerprint density at radius 2 is 2.15 bits per heavy atom. The molecule has 2 atom stereocenters. The standard InChI is InChI=1S/C9H12F3N/c1-6(13)7-3-2-4-8(5-7)9(10,11)12/h2,4-7H,3,13H2,1H3/t6-,7?/m1/s1. The Labute approximate surface area is 75.1 Å². The van der Waals surface area contributed by atoms with Crippen LogP contribution in [0.4, 0.5) is 13.2 Å². The van der Waals surface area contributed by atoms with E-state index in [0.717, 1.165) is 6.08 Å². The van der Waals surface area contributed by atoms with Gasteiger partial charge < -0.3 is 5.73 Å². The molecule has 4 heteroatoms. The third-order valence-electron chi connectivity index (χ3n) is 2.10. The SMILES string of the molecule is C[C@@H](N)C1C=C(C(F)(F)F)C=CC1. The third-order valence-corrected chi connectivity index (χ3v) is 2.10. The van der Waals surface area contributed by atoms with E-state index >= 15 is 0 Å². The van der Waals surface area contributed by atoms with E-state index in [1.165, 1.54) is 12.2 Å². The Kier molecular flexibility index (Phi) is 2.81. The maximum Gasteiger partial charge on any atom is 0.416 e. The molecule has 0 saturated heterocycles. The molecule has 0 aromatic heterocycles. The average molecular weight is 191 g/mol. The van der Waals surface area contributed by atoms with Crippen molar-refractivity contribution in [1.29, 1.82) is 0 Å². The molecular formula is C9H12F3N. The van der Waals surface area contributed by atoms with Gasteiger partial charge in [-0.1, -0.05) is 18.2 Å². The first kappa shape index (κ1) is 10.3. The molecule has 0 aromatic carbocycles. The summed E-state index contributed by atoms with van der Waals surface area (Å²) in [7, 11) is 0. The van der Waals surface area contributed by atoms with Crippen LogP contribution in [-0.4, -0.2) is 12.2 Å². The minimum absolute atomic E-state index is 0.193. The molecule has 1 aliphatic rings. The first-order valence-electron chi connectivity index (χ1n) is 4.12. The van der Waals surface area contributed by atoms with E-state index in [0.29, 0.717) is 6.42 Å². The van der Waals surface area contributed by atoms with Crippen molar-refractivity contribution >= 4 is 0 Å². The summed E-state index contributed by atoms with van der Waals surface area (Å²) in [4.78, 5) is 0. The molecule has 0 amide bonds. The molecular weight excluding hydrogens is 179 g/mol. The summed E-state index contributed by atoms with van der Waals surface area (Å²) in [5.41, 5.74) is 4.94. The zero-order valence-electron chi connectivity index (χ0n) is 7.31. The van der Waals surface area contributed by atoms with Crippen molar-refractivity contribution in [2.45, 2.75) is 25.6 Å². The van der Waals surface area contributed by atoms with Gasteiger partial charge >= 0.3 is 6.18 Å². The molecule has 0 spiro atoms. The van der Waals surface area contributed by atoms with Crippen LogP contribution in [0.1, 0.15) is 13.3 Å². The van der Waals surface area contributed by atoms with Gasteiger partial charge in [-0.2, -0.15) is 13.2 Å². The minimum Gasteiger partial charge on any atom is -0.327 e. The molecule has 0 saturated carbocycles. The first-order valence-corrected chi connectivity index (χ1v) is 4.12. The van der Waals surface area contributed by atoms with Crippen LogP contribution >= 0.6 is 0 Å². The van der Waals surface area contributed by atoms with Crippen molar-refractivity contribution < 1.29 is 13.2 Å². The van der Waals surface area contributed by atoms with Crippen molar-refractivity contribution in [3.63, 3.8) is 0 Å². The van der Waals surface area contributed by atoms with E-state index in [1.807, 2.05) is 0 Å². The van der Waals surface area contributed by atoms with Crippen LogP contribution < -0.4 is 5.73 Å². The van der Waals surface area contributed by atoms with Crippen LogP contribution in [0.2, 0.25) is 0 Å². The van der Waals surface area contributed by atoms with Crippen LogP contribution in [0.3, 0.4) is 0 Å². The Morgan fingerprint density at radius 1 is 1.54 bits per heavy atom. The van der Waals surface area contributed by atoms with Gasteiger partial charge in [0.05, 0.1) is 5.57 Å². The van der Waals surface area contributed by atoms with Crippen LogP contribution in [-0.2, 0) is 0 Å². The highest BCUT2D eigenvalue weighted by Crippen LogP contribution is 2.31. The Morgan fingerprint density at radius 3 is 2.62 bits per heavy atom. The largest absolute Gasteiger partial charge is 0.416 e. The highest BCUT2D eigenvalue weighted by atomic mass is 19.4. The van der Waals surface area contributed by atoms with Gasteiger partial charge in [0.15, 0.2) is 0 Å². The molecule has 0 bridgehead atoms. The topological polar surface area (TPSA) is 26.0 Å². The highest BCUT2D eigenvalue weighted by Gasteiger charge is 2.33. The van der Waals surface area contributed by atoms with Crippen molar-refractivity contribution in [2.75, 3.05) is 0 Å². The van der Waals surface area contributed by atoms with Gasteiger partial charge in [-0.15, -0.1) is 0 Å². The van der Waals surface area contributed by atoms with Gasteiger partial charge in [-0.25, -0.2) is 0 Å². The molecule has 0 radical (unpaired) electrons. The highest BCUT2D eigenvalue weighted by molar-refractivity contribution is 5.28. The molecule has 0 aromatic rings. The number of hydrogen-bond donors (Lipinski definition) is 1. The van der Waals surface area contributed by atoms with Gasteiger partial charge in [0.1, 0.15) is 0 Å². The van der Waals surface area contributed by atoms with Crippen LogP contribution in [0.15, 0.2) is 23.8 Å². The molecule has 1 rings (SSSR count). The second kappa shape index (κ2) is 3.54.